The first-order chi connectivity index (χ1) is 8.33. The number of hydrogen-bond acceptors (Lipinski definition) is 2. The van der Waals surface area contributed by atoms with E-state index in [9.17, 15) is 0 Å². The van der Waals surface area contributed by atoms with Gasteiger partial charge >= 0.3 is 0 Å². The summed E-state index contributed by atoms with van der Waals surface area (Å²) in [5, 5.41) is 3.44. The van der Waals surface area contributed by atoms with Gasteiger partial charge in [0.2, 0.25) is 0 Å². The van der Waals surface area contributed by atoms with E-state index in [2.05, 4.69) is 36.5 Å². The topological polar surface area (TPSA) is 38.0 Å². The Kier molecular flexibility index (Phi) is 7.69. The van der Waals surface area contributed by atoms with Gasteiger partial charge in [-0.3, -0.25) is 0 Å². The quantitative estimate of drug-likeness (QED) is 0.645. The standard InChI is InChI=1S/C15H26N2/c1-2-3-4-8-11-17-13-15(16)12-14-9-6-5-7-10-14/h5-7,9-10,15,17H,2-4,8,11-13,16H2,1H3. The zero-order valence-electron chi connectivity index (χ0n) is 11.0. The minimum atomic E-state index is 0.226. The van der Waals surface area contributed by atoms with E-state index in [0.29, 0.717) is 0 Å². The number of benzene rings is 1. The molecule has 0 heterocycles. The van der Waals surface area contributed by atoms with Gasteiger partial charge in [0.15, 0.2) is 0 Å². The molecule has 0 saturated heterocycles. The summed E-state index contributed by atoms with van der Waals surface area (Å²) in [7, 11) is 0. The lowest BCUT2D eigenvalue weighted by atomic mass is 10.1. The fourth-order valence-corrected chi connectivity index (χ4v) is 1.95. The summed E-state index contributed by atoms with van der Waals surface area (Å²) in [6.45, 7) is 4.26. The van der Waals surface area contributed by atoms with Crippen molar-refractivity contribution in [3.63, 3.8) is 0 Å². The average molecular weight is 234 g/mol. The molecule has 2 nitrogen and oxygen atoms in total. The van der Waals surface area contributed by atoms with E-state index in [-0.39, 0.29) is 6.04 Å². The van der Waals surface area contributed by atoms with E-state index in [1.807, 2.05) is 6.07 Å². The normalized spacial score (nSPS) is 12.6. The van der Waals surface area contributed by atoms with Crippen molar-refractivity contribution in [2.24, 2.45) is 5.73 Å². The van der Waals surface area contributed by atoms with E-state index >= 15 is 0 Å². The first kappa shape index (κ1) is 14.2. The second-order valence-electron chi connectivity index (χ2n) is 4.71. The maximum Gasteiger partial charge on any atom is 0.0206 e. The summed E-state index contributed by atoms with van der Waals surface area (Å²) in [5.74, 6) is 0. The highest BCUT2D eigenvalue weighted by molar-refractivity contribution is 5.15. The molecular weight excluding hydrogens is 208 g/mol. The largest absolute Gasteiger partial charge is 0.326 e. The van der Waals surface area contributed by atoms with Crippen LogP contribution in [0.15, 0.2) is 30.3 Å². The molecule has 3 N–H and O–H groups in total. The summed E-state index contributed by atoms with van der Waals surface area (Å²) in [6.07, 6.45) is 6.21. The lowest BCUT2D eigenvalue weighted by molar-refractivity contribution is 0.545. The summed E-state index contributed by atoms with van der Waals surface area (Å²) in [6, 6.07) is 10.7. The molecule has 0 fully saturated rings. The van der Waals surface area contributed by atoms with Crippen LogP contribution in [0, 0.1) is 0 Å². The van der Waals surface area contributed by atoms with Crippen molar-refractivity contribution in [1.29, 1.82) is 0 Å². The second-order valence-corrected chi connectivity index (χ2v) is 4.71. The Labute approximate surface area is 106 Å². The molecule has 1 rings (SSSR count). The van der Waals surface area contributed by atoms with Gasteiger partial charge in [0.25, 0.3) is 0 Å². The maximum absolute atomic E-state index is 6.08. The van der Waals surface area contributed by atoms with E-state index in [1.54, 1.807) is 0 Å². The van der Waals surface area contributed by atoms with Crippen LogP contribution in [0.25, 0.3) is 0 Å². The Bertz CT molecular complexity index is 272. The van der Waals surface area contributed by atoms with Gasteiger partial charge in [0.05, 0.1) is 0 Å². The third-order valence-electron chi connectivity index (χ3n) is 2.95. The van der Waals surface area contributed by atoms with E-state index < -0.39 is 0 Å². The molecule has 1 atom stereocenters. The Morgan fingerprint density at radius 1 is 1.12 bits per heavy atom. The predicted octanol–water partition coefficient (Wildman–Crippen LogP) is 2.73. The molecular formula is C15H26N2. The zero-order valence-corrected chi connectivity index (χ0v) is 11.0. The lowest BCUT2D eigenvalue weighted by Gasteiger charge is -2.12. The van der Waals surface area contributed by atoms with Crippen LogP contribution < -0.4 is 11.1 Å². The predicted molar refractivity (Wildman–Crippen MR) is 75.1 cm³/mol. The van der Waals surface area contributed by atoms with E-state index in [1.165, 1.54) is 31.2 Å². The van der Waals surface area contributed by atoms with Crippen molar-refractivity contribution in [2.45, 2.75) is 45.1 Å². The molecule has 96 valence electrons. The van der Waals surface area contributed by atoms with Gasteiger partial charge in [-0.15, -0.1) is 0 Å². The fourth-order valence-electron chi connectivity index (χ4n) is 1.95. The molecule has 2 heteroatoms. The van der Waals surface area contributed by atoms with Crippen molar-refractivity contribution in [3.05, 3.63) is 35.9 Å². The summed E-state index contributed by atoms with van der Waals surface area (Å²) in [5.41, 5.74) is 7.41. The summed E-state index contributed by atoms with van der Waals surface area (Å²) < 4.78 is 0. The lowest BCUT2D eigenvalue weighted by Crippen LogP contribution is -2.35. The number of unbranched alkanes of at least 4 members (excludes halogenated alkanes) is 3. The molecule has 0 bridgehead atoms. The van der Waals surface area contributed by atoms with Crippen molar-refractivity contribution in [3.8, 4) is 0 Å². The second kappa shape index (κ2) is 9.20. The van der Waals surface area contributed by atoms with Crippen LogP contribution >= 0.6 is 0 Å². The van der Waals surface area contributed by atoms with Crippen LogP contribution in [0.3, 0.4) is 0 Å². The first-order valence-electron chi connectivity index (χ1n) is 6.83. The molecule has 0 amide bonds. The minimum absolute atomic E-state index is 0.226. The first-order valence-corrected chi connectivity index (χ1v) is 6.83. The molecule has 0 saturated carbocycles. The fraction of sp³-hybridized carbons (Fsp3) is 0.600. The Balaban J connectivity index is 2.03. The highest BCUT2D eigenvalue weighted by atomic mass is 14.9. The molecule has 0 aliphatic rings. The van der Waals surface area contributed by atoms with Crippen LogP contribution in [0.5, 0.6) is 0 Å². The van der Waals surface area contributed by atoms with Gasteiger partial charge in [0.1, 0.15) is 0 Å². The molecule has 0 aromatic heterocycles. The van der Waals surface area contributed by atoms with Gasteiger partial charge in [-0.25, -0.2) is 0 Å². The van der Waals surface area contributed by atoms with Crippen molar-refractivity contribution >= 4 is 0 Å². The SMILES string of the molecule is CCCCCCNCC(N)Cc1ccccc1. The molecule has 0 aliphatic heterocycles. The van der Waals surface area contributed by atoms with Crippen LogP contribution in [0.4, 0.5) is 0 Å². The number of hydrogen-bond donors (Lipinski definition) is 2. The summed E-state index contributed by atoms with van der Waals surface area (Å²) >= 11 is 0. The summed E-state index contributed by atoms with van der Waals surface area (Å²) in [4.78, 5) is 0. The van der Waals surface area contributed by atoms with Crippen molar-refractivity contribution < 1.29 is 0 Å². The van der Waals surface area contributed by atoms with Crippen LogP contribution in [-0.2, 0) is 6.42 Å². The van der Waals surface area contributed by atoms with Crippen LogP contribution in [0.1, 0.15) is 38.2 Å². The Morgan fingerprint density at radius 3 is 2.59 bits per heavy atom. The molecule has 1 aromatic rings. The molecule has 1 aromatic carbocycles. The molecule has 1 unspecified atom stereocenters. The minimum Gasteiger partial charge on any atom is -0.326 e. The third-order valence-corrected chi connectivity index (χ3v) is 2.95. The molecule has 0 radical (unpaired) electrons. The van der Waals surface area contributed by atoms with Gasteiger partial charge in [-0.2, -0.15) is 0 Å². The van der Waals surface area contributed by atoms with Gasteiger partial charge in [0, 0.05) is 12.6 Å². The number of rotatable bonds is 9. The zero-order chi connectivity index (χ0) is 12.3. The maximum atomic E-state index is 6.08. The molecule has 0 spiro atoms. The van der Waals surface area contributed by atoms with E-state index in [0.717, 1.165) is 19.5 Å². The van der Waals surface area contributed by atoms with Crippen molar-refractivity contribution in [1.82, 2.24) is 5.32 Å². The van der Waals surface area contributed by atoms with Gasteiger partial charge < -0.3 is 11.1 Å². The third kappa shape index (κ3) is 7.14. The average Bonchev–Trinajstić information content (AvgIpc) is 2.35. The van der Waals surface area contributed by atoms with Gasteiger partial charge in [-0.05, 0) is 24.9 Å². The highest BCUT2D eigenvalue weighted by Gasteiger charge is 2.02. The smallest absolute Gasteiger partial charge is 0.0206 e. The molecule has 17 heavy (non-hydrogen) atoms. The van der Waals surface area contributed by atoms with Crippen LogP contribution in [-0.4, -0.2) is 19.1 Å². The van der Waals surface area contributed by atoms with Crippen LogP contribution in [0.2, 0.25) is 0 Å². The number of nitrogens with two attached hydrogens (primary N) is 1. The van der Waals surface area contributed by atoms with E-state index in [4.69, 9.17) is 5.73 Å². The number of nitrogens with one attached hydrogen (secondary N) is 1. The monoisotopic (exact) mass is 234 g/mol. The Morgan fingerprint density at radius 2 is 1.88 bits per heavy atom. The Hall–Kier alpha value is -0.860. The highest BCUT2D eigenvalue weighted by Crippen LogP contribution is 2.01. The molecule has 0 aliphatic carbocycles. The van der Waals surface area contributed by atoms with Gasteiger partial charge in [-0.1, -0.05) is 56.5 Å². The van der Waals surface area contributed by atoms with Crippen molar-refractivity contribution in [2.75, 3.05) is 13.1 Å².